The van der Waals surface area contributed by atoms with Gasteiger partial charge in [-0.2, -0.15) is 0 Å². The first-order chi connectivity index (χ1) is 6.72. The van der Waals surface area contributed by atoms with Gasteiger partial charge in [-0.1, -0.05) is 13.0 Å². The summed E-state index contributed by atoms with van der Waals surface area (Å²) in [5.41, 5.74) is 3.52. The summed E-state index contributed by atoms with van der Waals surface area (Å²) in [6.45, 7) is 5.17. The lowest BCUT2D eigenvalue weighted by Crippen LogP contribution is -1.98. The van der Waals surface area contributed by atoms with Crippen LogP contribution in [0, 0.1) is 0 Å². The van der Waals surface area contributed by atoms with Gasteiger partial charge in [0.25, 0.3) is 0 Å². The van der Waals surface area contributed by atoms with E-state index in [2.05, 4.69) is 37.4 Å². The first kappa shape index (κ1) is 9.53. The van der Waals surface area contributed by atoms with Gasteiger partial charge in [-0.25, -0.2) is 0 Å². The second-order valence-corrected chi connectivity index (χ2v) is 4.03. The maximum absolute atomic E-state index is 9.82. The molecule has 1 aromatic rings. The van der Waals surface area contributed by atoms with Crippen molar-refractivity contribution in [3.63, 3.8) is 0 Å². The number of fused-ring (bicyclic) bond motifs is 1. The van der Waals surface area contributed by atoms with E-state index in [4.69, 9.17) is 0 Å². The third-order valence-corrected chi connectivity index (χ3v) is 2.93. The van der Waals surface area contributed by atoms with Crippen LogP contribution >= 0.6 is 0 Å². The molecule has 1 aliphatic carbocycles. The third-order valence-electron chi connectivity index (χ3n) is 2.93. The van der Waals surface area contributed by atoms with Crippen LogP contribution in [0.5, 0.6) is 0 Å². The average molecular weight is 191 g/mol. The first-order valence-electron chi connectivity index (χ1n) is 5.28. The Kier molecular flexibility index (Phi) is 2.46. The van der Waals surface area contributed by atoms with E-state index in [1.54, 1.807) is 0 Å². The fourth-order valence-electron chi connectivity index (χ4n) is 2.22. The molecule has 2 nitrogen and oxygen atoms in total. The zero-order valence-corrected chi connectivity index (χ0v) is 8.75. The van der Waals surface area contributed by atoms with Crippen LogP contribution in [0.15, 0.2) is 18.2 Å². The molecule has 0 heterocycles. The molecule has 0 radical (unpaired) electrons. The largest absolute Gasteiger partial charge is 0.388 e. The Morgan fingerprint density at radius 1 is 1.43 bits per heavy atom. The van der Waals surface area contributed by atoms with Crippen LogP contribution in [0.1, 0.15) is 43.4 Å². The minimum absolute atomic E-state index is 0.265. The Bertz CT molecular complexity index is 335. The topological polar surface area (TPSA) is 32.3 Å². The number of hydrogen-bond donors (Lipinski definition) is 2. The van der Waals surface area contributed by atoms with Gasteiger partial charge in [0.05, 0.1) is 6.10 Å². The van der Waals surface area contributed by atoms with E-state index in [0.29, 0.717) is 5.92 Å². The molecular formula is C12H17NO. The van der Waals surface area contributed by atoms with Crippen LogP contribution < -0.4 is 5.32 Å². The van der Waals surface area contributed by atoms with Gasteiger partial charge in [-0.3, -0.25) is 0 Å². The zero-order chi connectivity index (χ0) is 10.1. The maximum Gasteiger partial charge on any atom is 0.0799 e. The fourth-order valence-corrected chi connectivity index (χ4v) is 2.22. The molecule has 0 saturated heterocycles. The normalized spacial score (nSPS) is 24.8. The molecule has 2 atom stereocenters. The molecule has 0 fully saturated rings. The molecule has 0 saturated carbocycles. The average Bonchev–Trinajstić information content (AvgIpc) is 2.43. The summed E-state index contributed by atoms with van der Waals surface area (Å²) in [5.74, 6) is 0.496. The van der Waals surface area contributed by atoms with Crippen molar-refractivity contribution in [1.29, 1.82) is 0 Å². The molecule has 2 N–H and O–H groups in total. The standard InChI is InChI=1S/C12H17NO/c1-3-13-9-4-5-10-8(2)6-12(14)11(10)7-9/h4-5,7-8,12-14H,3,6H2,1-2H3. The van der Waals surface area contributed by atoms with Gasteiger partial charge in [0, 0.05) is 12.2 Å². The van der Waals surface area contributed by atoms with Crippen LogP contribution in [-0.2, 0) is 0 Å². The van der Waals surface area contributed by atoms with Crippen molar-refractivity contribution in [2.24, 2.45) is 0 Å². The molecule has 0 amide bonds. The number of rotatable bonds is 2. The van der Waals surface area contributed by atoms with E-state index >= 15 is 0 Å². The highest BCUT2D eigenvalue weighted by molar-refractivity contribution is 5.51. The molecule has 2 unspecified atom stereocenters. The highest BCUT2D eigenvalue weighted by atomic mass is 16.3. The lowest BCUT2D eigenvalue weighted by atomic mass is 10.0. The van der Waals surface area contributed by atoms with Crippen molar-refractivity contribution in [3.8, 4) is 0 Å². The maximum atomic E-state index is 9.82. The minimum Gasteiger partial charge on any atom is -0.388 e. The van der Waals surface area contributed by atoms with Crippen molar-refractivity contribution in [3.05, 3.63) is 29.3 Å². The lowest BCUT2D eigenvalue weighted by molar-refractivity contribution is 0.174. The predicted octanol–water partition coefficient (Wildman–Crippen LogP) is 2.66. The van der Waals surface area contributed by atoms with Gasteiger partial charge in [0.15, 0.2) is 0 Å². The number of aliphatic hydroxyl groups excluding tert-OH is 1. The monoisotopic (exact) mass is 191 g/mol. The molecular weight excluding hydrogens is 174 g/mol. The summed E-state index contributed by atoms with van der Waals surface area (Å²) >= 11 is 0. The van der Waals surface area contributed by atoms with Crippen molar-refractivity contribution in [2.75, 3.05) is 11.9 Å². The zero-order valence-electron chi connectivity index (χ0n) is 8.75. The van der Waals surface area contributed by atoms with Gasteiger partial charge in [-0.15, -0.1) is 0 Å². The Morgan fingerprint density at radius 2 is 2.21 bits per heavy atom. The van der Waals surface area contributed by atoms with Crippen LogP contribution in [0.25, 0.3) is 0 Å². The molecule has 2 rings (SSSR count). The van der Waals surface area contributed by atoms with Gasteiger partial charge >= 0.3 is 0 Å². The SMILES string of the molecule is CCNc1ccc2c(c1)C(O)CC2C. The fraction of sp³-hybridized carbons (Fsp3) is 0.500. The third kappa shape index (κ3) is 1.50. The van der Waals surface area contributed by atoms with Crippen LogP contribution in [0.4, 0.5) is 5.69 Å². The Morgan fingerprint density at radius 3 is 2.93 bits per heavy atom. The number of nitrogens with one attached hydrogen (secondary N) is 1. The number of benzene rings is 1. The van der Waals surface area contributed by atoms with Gasteiger partial charge in [0.2, 0.25) is 0 Å². The van der Waals surface area contributed by atoms with Gasteiger partial charge in [0.1, 0.15) is 0 Å². The van der Waals surface area contributed by atoms with E-state index in [9.17, 15) is 5.11 Å². The summed E-state index contributed by atoms with van der Waals surface area (Å²) in [5, 5.41) is 13.1. The molecule has 0 aromatic heterocycles. The van der Waals surface area contributed by atoms with Crippen molar-refractivity contribution in [1.82, 2.24) is 0 Å². The quantitative estimate of drug-likeness (QED) is 0.753. The van der Waals surface area contributed by atoms with Crippen LogP contribution in [0.2, 0.25) is 0 Å². The Hall–Kier alpha value is -1.02. The minimum atomic E-state index is -0.265. The predicted molar refractivity (Wildman–Crippen MR) is 58.6 cm³/mol. The summed E-state index contributed by atoms with van der Waals surface area (Å²) in [7, 11) is 0. The van der Waals surface area contributed by atoms with E-state index < -0.39 is 0 Å². The lowest BCUT2D eigenvalue weighted by Gasteiger charge is -2.08. The van der Waals surface area contributed by atoms with E-state index in [0.717, 1.165) is 24.2 Å². The van der Waals surface area contributed by atoms with E-state index in [-0.39, 0.29) is 6.10 Å². The van der Waals surface area contributed by atoms with Crippen molar-refractivity contribution >= 4 is 5.69 Å². The summed E-state index contributed by atoms with van der Waals surface area (Å²) in [6, 6.07) is 6.30. The van der Waals surface area contributed by atoms with E-state index in [1.165, 1.54) is 5.56 Å². The molecule has 1 aliphatic rings. The smallest absolute Gasteiger partial charge is 0.0799 e. The Balaban J connectivity index is 2.35. The molecule has 0 spiro atoms. The van der Waals surface area contributed by atoms with Crippen molar-refractivity contribution < 1.29 is 5.11 Å². The molecule has 0 bridgehead atoms. The van der Waals surface area contributed by atoms with Crippen LogP contribution in [0.3, 0.4) is 0 Å². The number of anilines is 1. The van der Waals surface area contributed by atoms with Crippen LogP contribution in [-0.4, -0.2) is 11.7 Å². The Labute approximate surface area is 85.0 Å². The number of aliphatic hydroxyl groups is 1. The molecule has 76 valence electrons. The second-order valence-electron chi connectivity index (χ2n) is 4.03. The first-order valence-corrected chi connectivity index (χ1v) is 5.28. The van der Waals surface area contributed by atoms with E-state index in [1.807, 2.05) is 0 Å². The number of hydrogen-bond acceptors (Lipinski definition) is 2. The molecule has 0 aliphatic heterocycles. The highest BCUT2D eigenvalue weighted by Gasteiger charge is 2.26. The van der Waals surface area contributed by atoms with Gasteiger partial charge in [-0.05, 0) is 42.5 Å². The highest BCUT2D eigenvalue weighted by Crippen LogP contribution is 2.40. The molecule has 1 aromatic carbocycles. The van der Waals surface area contributed by atoms with Gasteiger partial charge < -0.3 is 10.4 Å². The van der Waals surface area contributed by atoms with Crippen molar-refractivity contribution in [2.45, 2.75) is 32.3 Å². The molecule has 2 heteroatoms. The summed E-state index contributed by atoms with van der Waals surface area (Å²) < 4.78 is 0. The second kappa shape index (κ2) is 3.62. The summed E-state index contributed by atoms with van der Waals surface area (Å²) in [4.78, 5) is 0. The molecule has 14 heavy (non-hydrogen) atoms. The summed E-state index contributed by atoms with van der Waals surface area (Å²) in [6.07, 6.45) is 0.601.